The number of amides is 10. The summed E-state index contributed by atoms with van der Waals surface area (Å²) in [6, 6.07) is -3.77. The molecule has 0 saturated carbocycles. The predicted octanol–water partition coefficient (Wildman–Crippen LogP) is 0.779. The van der Waals surface area contributed by atoms with Crippen LogP contribution in [0.5, 0.6) is 0 Å². The first-order chi connectivity index (χ1) is 37.9. The topological polar surface area (TPSA) is 351 Å². The van der Waals surface area contributed by atoms with E-state index in [1.807, 2.05) is 48.5 Å². The summed E-state index contributed by atoms with van der Waals surface area (Å²) in [6.45, 7) is 28.1. The van der Waals surface area contributed by atoms with Crippen molar-refractivity contribution in [1.82, 2.24) is 58.5 Å². The molecular weight excluding hydrogens is 1060 g/mol. The van der Waals surface area contributed by atoms with Gasteiger partial charge in [0.1, 0.15) is 29.2 Å². The summed E-state index contributed by atoms with van der Waals surface area (Å²) in [6.07, 6.45) is 7.66. The van der Waals surface area contributed by atoms with Gasteiger partial charge in [-0.15, -0.1) is 0 Å². The van der Waals surface area contributed by atoms with Gasteiger partial charge in [-0.1, -0.05) is 101 Å². The van der Waals surface area contributed by atoms with Crippen LogP contribution in [0.15, 0.2) is 0 Å². The van der Waals surface area contributed by atoms with Crippen LogP contribution < -0.4 is 63.5 Å². The number of rotatable bonds is 37. The fourth-order valence-corrected chi connectivity index (χ4v) is 10.3. The molecule has 0 aliphatic carbocycles. The first-order valence-electron chi connectivity index (χ1n) is 29.7. The Balaban J connectivity index is 3.09. The molecule has 1 aliphatic rings. The lowest BCUT2D eigenvalue weighted by molar-refractivity contribution is -0.956. The highest BCUT2D eigenvalue weighted by Gasteiger charge is 2.57. The summed E-state index contributed by atoms with van der Waals surface area (Å²) in [4.78, 5) is 135. The molecule has 0 spiro atoms. The Bertz CT molecular complexity index is 2110. The maximum Gasteiger partial charge on any atom is 0.246 e. The number of quaternary nitrogens is 1. The summed E-state index contributed by atoms with van der Waals surface area (Å²) >= 11 is 0. The lowest BCUT2D eigenvalue weighted by Gasteiger charge is -2.58. The highest BCUT2D eigenvalue weighted by molar-refractivity contribution is 5.99. The minimum Gasteiger partial charge on any atom is -0.634 e. The van der Waals surface area contributed by atoms with Gasteiger partial charge in [-0.3, -0.25) is 47.9 Å². The Morgan fingerprint density at radius 2 is 1.00 bits per heavy atom. The average Bonchev–Trinajstić information content (AvgIpc) is 2.53. The molecule has 0 bridgehead atoms. The fraction of sp³-hybridized carbons (Fsp3) is 0.828. The van der Waals surface area contributed by atoms with E-state index in [9.17, 15) is 58.3 Å². The Labute approximate surface area is 489 Å². The fourth-order valence-electron chi connectivity index (χ4n) is 10.3. The van der Waals surface area contributed by atoms with Gasteiger partial charge in [-0.25, -0.2) is 0 Å². The number of carbonyl (C=O) groups is 10. The van der Waals surface area contributed by atoms with Crippen LogP contribution >= 0.6 is 0 Å². The van der Waals surface area contributed by atoms with Crippen LogP contribution in [0.4, 0.5) is 0 Å². The van der Waals surface area contributed by atoms with E-state index in [0.29, 0.717) is 19.4 Å². The van der Waals surface area contributed by atoms with Crippen LogP contribution in [0.3, 0.4) is 0 Å². The van der Waals surface area contributed by atoms with Crippen LogP contribution in [-0.4, -0.2) is 155 Å². The van der Waals surface area contributed by atoms with Gasteiger partial charge in [0.25, 0.3) is 0 Å². The summed E-state index contributed by atoms with van der Waals surface area (Å²) in [7, 11) is 0. The van der Waals surface area contributed by atoms with Crippen molar-refractivity contribution in [3.8, 4) is 0 Å². The number of aliphatic hydroxyl groups excluding tert-OH is 1. The molecule has 0 radical (unpaired) electrons. The third-order valence-electron chi connectivity index (χ3n) is 14.7. The van der Waals surface area contributed by atoms with Gasteiger partial charge in [0.2, 0.25) is 59.1 Å². The summed E-state index contributed by atoms with van der Waals surface area (Å²) in [5.41, 5.74) is -6.58. The minimum absolute atomic E-state index is 0.110. The highest BCUT2D eigenvalue weighted by Crippen LogP contribution is 2.33. The van der Waals surface area contributed by atoms with E-state index >= 15 is 0 Å². The monoisotopic (exact) mass is 1160 g/mol. The van der Waals surface area contributed by atoms with Gasteiger partial charge in [0.05, 0.1) is 55.4 Å². The van der Waals surface area contributed by atoms with Crippen molar-refractivity contribution in [3.05, 3.63) is 5.21 Å². The normalized spacial score (nSPS) is 18.6. The average molecular weight is 1170 g/mol. The predicted molar refractivity (Wildman–Crippen MR) is 315 cm³/mol. The first kappa shape index (κ1) is 74.6. The molecule has 24 nitrogen and oxygen atoms in total. The lowest BCUT2D eigenvalue weighted by atomic mass is 9.69. The van der Waals surface area contributed by atoms with Crippen molar-refractivity contribution in [2.45, 2.75) is 247 Å². The molecule has 1 heterocycles. The van der Waals surface area contributed by atoms with Gasteiger partial charge >= 0.3 is 0 Å². The van der Waals surface area contributed by atoms with Crippen molar-refractivity contribution >= 4 is 59.1 Å². The molecule has 5 atom stereocenters. The van der Waals surface area contributed by atoms with E-state index in [-0.39, 0.29) is 61.0 Å². The molecule has 0 aromatic rings. The Morgan fingerprint density at radius 1 is 0.549 bits per heavy atom. The molecule has 10 amide bonds. The third-order valence-corrected chi connectivity index (χ3v) is 14.7. The van der Waals surface area contributed by atoms with Crippen molar-refractivity contribution in [2.24, 2.45) is 23.7 Å². The van der Waals surface area contributed by atoms with Crippen LogP contribution in [-0.2, 0) is 47.9 Å². The van der Waals surface area contributed by atoms with E-state index in [1.54, 1.807) is 48.5 Å². The number of piperidine rings is 1. The van der Waals surface area contributed by atoms with Gasteiger partial charge in [0, 0.05) is 12.8 Å². The largest absolute Gasteiger partial charge is 0.634 e. The van der Waals surface area contributed by atoms with E-state index in [2.05, 4.69) is 65.4 Å². The second-order valence-electron chi connectivity index (χ2n) is 26.2. The van der Waals surface area contributed by atoms with Crippen molar-refractivity contribution < 1.29 is 58.1 Å². The molecule has 82 heavy (non-hydrogen) atoms. The van der Waals surface area contributed by atoms with Crippen LogP contribution in [0.25, 0.3) is 0 Å². The molecule has 24 heteroatoms. The summed E-state index contributed by atoms with van der Waals surface area (Å²) < 4.78 is 0. The number of hydroxylamine groups is 2. The third kappa shape index (κ3) is 26.0. The quantitative estimate of drug-likeness (QED) is 0.0303. The molecule has 0 aromatic heterocycles. The maximum absolute atomic E-state index is 14.5. The van der Waals surface area contributed by atoms with Gasteiger partial charge in [-0.05, 0) is 111 Å². The molecule has 1 fully saturated rings. The zero-order valence-electron chi connectivity index (χ0n) is 52.8. The molecule has 0 unspecified atom stereocenters. The number of carbonyl (C=O) groups excluding carboxylic acids is 10. The van der Waals surface area contributed by atoms with Gasteiger partial charge < -0.3 is 73.9 Å². The van der Waals surface area contributed by atoms with E-state index in [4.69, 9.17) is 0 Å². The standard InChI is InChI=1S/C58H108N12O12/c1-18-20-21-22-23-24-25-63-56(14,15)51(79)60-31-45(74)66-42(28-38(7)8)49(77)69-58(34-54(10,11)70(82)55(12,13)35-58)53(81)62-29-43(72)59-30-44(73)65-41(27-37(5)6)48(76)68-57(16,17)52(80)61-32-46(75)67-47(39(9)19-2)50(78)64-40(33-71)26-36(3)4/h36-42,47,63,70-71H,18-35H2,1-17H3,(H,59,72)(H,60,79)(H,61,80)(H,62,81)(H,64,78)(H,65,73)(H,66,74)(H,67,75)(H,68,76)(H,69,77)/t39-,40-,41-,42-,47-/m0/s1. The highest BCUT2D eigenvalue weighted by atomic mass is 16.5. The number of hydrogen-bond acceptors (Lipinski definition) is 13. The smallest absolute Gasteiger partial charge is 0.246 e. The van der Waals surface area contributed by atoms with E-state index in [1.165, 1.54) is 26.7 Å². The van der Waals surface area contributed by atoms with E-state index < -0.39 is 137 Å². The lowest BCUT2D eigenvalue weighted by Crippen LogP contribution is -3.24. The summed E-state index contributed by atoms with van der Waals surface area (Å²) in [5.74, 6) is -6.98. The first-order valence-corrected chi connectivity index (χ1v) is 29.7. The minimum atomic E-state index is -1.75. The second kappa shape index (κ2) is 34.3. The van der Waals surface area contributed by atoms with Crippen molar-refractivity contribution in [2.75, 3.05) is 39.3 Å². The molecule has 1 aliphatic heterocycles. The zero-order valence-corrected chi connectivity index (χ0v) is 52.8. The Kier molecular flexibility index (Phi) is 31.2. The Morgan fingerprint density at radius 3 is 1.49 bits per heavy atom. The number of unbranched alkanes of at least 4 members (excludes halogenated alkanes) is 5. The van der Waals surface area contributed by atoms with Crippen LogP contribution in [0.1, 0.15) is 195 Å². The Hall–Kier alpha value is -5.46. The maximum atomic E-state index is 14.5. The van der Waals surface area contributed by atoms with Crippen LogP contribution in [0, 0.1) is 28.9 Å². The molecule has 472 valence electrons. The van der Waals surface area contributed by atoms with Crippen molar-refractivity contribution in [3.63, 3.8) is 0 Å². The SMILES string of the molecule is CCCCCCCCNC(C)(C)C(=O)NCC(=O)N[C@@H](CC(C)C)C(=O)NC1(C(=O)NCC(=O)NCC(=O)N[C@@H](CC(C)C)C(=O)NC(C)(C)C(=O)NCC(=O)N[C@H](C(=O)N[C@H](CO)CC(C)C)[C@@H](C)CC)CC(C)(C)[NH+]([O-])C(C)(C)C1. The van der Waals surface area contributed by atoms with E-state index in [0.717, 1.165) is 25.7 Å². The molecule has 0 aromatic carbocycles. The number of aliphatic hydroxyl groups is 1. The molecular formula is C58H108N12O12. The van der Waals surface area contributed by atoms with Crippen molar-refractivity contribution in [1.29, 1.82) is 0 Å². The molecule has 1 saturated heterocycles. The number of nitrogens with one attached hydrogen (secondary N) is 12. The molecule has 1 rings (SSSR count). The number of hydrogen-bond donors (Lipinski definition) is 13. The zero-order chi connectivity index (χ0) is 63.0. The van der Waals surface area contributed by atoms with Crippen LogP contribution in [0.2, 0.25) is 0 Å². The van der Waals surface area contributed by atoms with Gasteiger partial charge in [-0.2, -0.15) is 0 Å². The van der Waals surface area contributed by atoms with Gasteiger partial charge in [0.15, 0.2) is 0 Å². The molecule has 13 N–H and O–H groups in total. The second-order valence-corrected chi connectivity index (χ2v) is 26.2. The summed E-state index contributed by atoms with van der Waals surface area (Å²) in [5, 5.41) is 53.0.